The Morgan fingerprint density at radius 3 is 2.35 bits per heavy atom. The molecule has 3 aromatic rings. The molecule has 0 saturated carbocycles. The molecule has 0 radical (unpaired) electrons. The van der Waals surface area contributed by atoms with E-state index in [0.717, 1.165) is 42.8 Å². The normalized spacial score (nSPS) is 14.0. The lowest BCUT2D eigenvalue weighted by Crippen LogP contribution is -2.38. The molecular weight excluding hydrogens is 408 g/mol. The van der Waals surface area contributed by atoms with E-state index in [2.05, 4.69) is 24.3 Å². The summed E-state index contributed by atoms with van der Waals surface area (Å²) < 4.78 is 5.82. The highest BCUT2D eigenvalue weighted by atomic mass is 35.5. The Balaban J connectivity index is 0.00000272. The van der Waals surface area contributed by atoms with Crippen LogP contribution in [0.5, 0.6) is 5.75 Å². The van der Waals surface area contributed by atoms with Gasteiger partial charge in [0, 0.05) is 25.2 Å². The third kappa shape index (κ3) is 5.87. The van der Waals surface area contributed by atoms with Crippen molar-refractivity contribution in [1.82, 2.24) is 4.90 Å². The van der Waals surface area contributed by atoms with Gasteiger partial charge in [0.05, 0.1) is 0 Å². The lowest BCUT2D eigenvalue weighted by atomic mass is 9.88. The van der Waals surface area contributed by atoms with Gasteiger partial charge < -0.3 is 15.4 Å². The van der Waals surface area contributed by atoms with Gasteiger partial charge in [0.2, 0.25) is 0 Å². The second kappa shape index (κ2) is 11.0. The van der Waals surface area contributed by atoms with Gasteiger partial charge in [0.15, 0.2) is 0 Å². The van der Waals surface area contributed by atoms with Crippen LogP contribution in [0.4, 0.5) is 0 Å². The number of carbonyl (C=O) groups is 1. The molecule has 0 aliphatic carbocycles. The summed E-state index contributed by atoms with van der Waals surface area (Å²) in [7, 11) is 0. The Morgan fingerprint density at radius 1 is 0.903 bits per heavy atom. The second-order valence-electron chi connectivity index (χ2n) is 7.82. The minimum absolute atomic E-state index is 0. The average Bonchev–Trinajstić information content (AvgIpc) is 2.83. The summed E-state index contributed by atoms with van der Waals surface area (Å²) in [6.07, 6.45) is 1.97. The molecule has 3 aromatic carbocycles. The Morgan fingerprint density at radius 2 is 1.61 bits per heavy atom. The van der Waals surface area contributed by atoms with Gasteiger partial charge in [-0.2, -0.15) is 0 Å². The van der Waals surface area contributed by atoms with Gasteiger partial charge >= 0.3 is 0 Å². The molecule has 0 bridgehead atoms. The molecule has 4 rings (SSSR count). The predicted molar refractivity (Wildman–Crippen MR) is 127 cm³/mol. The molecule has 1 saturated heterocycles. The first-order chi connectivity index (χ1) is 14.7. The quantitative estimate of drug-likeness (QED) is 0.580. The van der Waals surface area contributed by atoms with Gasteiger partial charge in [0.1, 0.15) is 12.4 Å². The van der Waals surface area contributed by atoms with Crippen LogP contribution < -0.4 is 10.5 Å². The fraction of sp³-hybridized carbons (Fsp3) is 0.269. The van der Waals surface area contributed by atoms with Crippen LogP contribution >= 0.6 is 12.4 Å². The Labute approximate surface area is 190 Å². The molecule has 1 amide bonds. The minimum atomic E-state index is 0. The van der Waals surface area contributed by atoms with Crippen LogP contribution in [0.3, 0.4) is 0 Å². The van der Waals surface area contributed by atoms with Crippen molar-refractivity contribution in [2.75, 3.05) is 13.1 Å². The van der Waals surface area contributed by atoms with E-state index in [9.17, 15) is 4.79 Å². The van der Waals surface area contributed by atoms with Crippen molar-refractivity contribution in [3.63, 3.8) is 0 Å². The number of carbonyl (C=O) groups excluding carboxylic acids is 1. The lowest BCUT2D eigenvalue weighted by Gasteiger charge is -2.32. The van der Waals surface area contributed by atoms with E-state index in [1.165, 1.54) is 11.1 Å². The summed E-state index contributed by atoms with van der Waals surface area (Å²) in [6.45, 7) is 2.57. The van der Waals surface area contributed by atoms with Crippen LogP contribution in [0.2, 0.25) is 0 Å². The zero-order valence-corrected chi connectivity index (χ0v) is 18.4. The predicted octanol–water partition coefficient (Wildman–Crippen LogP) is 5.17. The monoisotopic (exact) mass is 436 g/mol. The fourth-order valence-corrected chi connectivity index (χ4v) is 4.05. The van der Waals surface area contributed by atoms with Gasteiger partial charge in [-0.25, -0.2) is 0 Å². The number of para-hydroxylation sites is 1. The smallest absolute Gasteiger partial charge is 0.253 e. The van der Waals surface area contributed by atoms with Gasteiger partial charge in [-0.15, -0.1) is 12.4 Å². The van der Waals surface area contributed by atoms with Crippen LogP contribution in [0, 0.1) is 0 Å². The van der Waals surface area contributed by atoms with E-state index >= 15 is 0 Å². The summed E-state index contributed by atoms with van der Waals surface area (Å²) in [5, 5.41) is 0. The van der Waals surface area contributed by atoms with Crippen molar-refractivity contribution < 1.29 is 9.53 Å². The molecule has 31 heavy (non-hydrogen) atoms. The summed E-state index contributed by atoms with van der Waals surface area (Å²) in [4.78, 5) is 15.0. The molecular formula is C26H29ClN2O2. The number of likely N-dealkylation sites (tertiary alicyclic amines) is 1. The van der Waals surface area contributed by atoms with E-state index in [1.54, 1.807) is 0 Å². The number of ether oxygens (including phenoxy) is 1. The molecule has 162 valence electrons. The zero-order chi connectivity index (χ0) is 20.8. The van der Waals surface area contributed by atoms with Gasteiger partial charge in [-0.3, -0.25) is 4.79 Å². The first kappa shape index (κ1) is 22.9. The van der Waals surface area contributed by atoms with Crippen molar-refractivity contribution in [3.05, 3.63) is 101 Å². The van der Waals surface area contributed by atoms with Crippen LogP contribution in [-0.2, 0) is 13.2 Å². The molecule has 1 heterocycles. The van der Waals surface area contributed by atoms with E-state index in [-0.39, 0.29) is 18.3 Å². The van der Waals surface area contributed by atoms with Crippen molar-refractivity contribution in [3.8, 4) is 5.75 Å². The highest BCUT2D eigenvalue weighted by Crippen LogP contribution is 2.29. The number of nitrogens with two attached hydrogens (primary N) is 1. The van der Waals surface area contributed by atoms with Gasteiger partial charge in [0.25, 0.3) is 5.91 Å². The molecule has 1 aliphatic heterocycles. The minimum Gasteiger partial charge on any atom is -0.489 e. The number of halogens is 1. The number of nitrogens with zero attached hydrogens (tertiary/aromatic N) is 1. The number of rotatable bonds is 6. The molecule has 4 nitrogen and oxygen atoms in total. The number of hydrogen-bond acceptors (Lipinski definition) is 3. The Kier molecular flexibility index (Phi) is 8.10. The summed E-state index contributed by atoms with van der Waals surface area (Å²) >= 11 is 0. The highest BCUT2D eigenvalue weighted by Gasteiger charge is 2.24. The molecule has 0 spiro atoms. The molecule has 0 unspecified atom stereocenters. The standard InChI is InChI=1S/C26H28N2O2.ClH/c27-18-20-6-4-8-23(16-20)22-12-14-28(15-13-22)26(29)24-9-5-7-21(17-24)19-30-25-10-2-1-3-11-25;/h1-11,16-17,22H,12-15,18-19,27H2;1H. The summed E-state index contributed by atoms with van der Waals surface area (Å²) in [5.74, 6) is 1.42. The average molecular weight is 437 g/mol. The maximum absolute atomic E-state index is 13.0. The third-order valence-electron chi connectivity index (χ3n) is 5.76. The molecule has 1 aliphatic rings. The van der Waals surface area contributed by atoms with Crippen molar-refractivity contribution in [2.45, 2.75) is 31.9 Å². The molecule has 0 atom stereocenters. The van der Waals surface area contributed by atoms with Crippen LogP contribution in [0.1, 0.15) is 45.8 Å². The van der Waals surface area contributed by atoms with Crippen molar-refractivity contribution in [2.24, 2.45) is 5.73 Å². The topological polar surface area (TPSA) is 55.6 Å². The molecule has 5 heteroatoms. The molecule has 2 N–H and O–H groups in total. The van der Waals surface area contributed by atoms with Crippen molar-refractivity contribution >= 4 is 18.3 Å². The van der Waals surface area contributed by atoms with Crippen molar-refractivity contribution in [1.29, 1.82) is 0 Å². The van der Waals surface area contributed by atoms with E-state index in [1.807, 2.05) is 59.5 Å². The number of hydrogen-bond donors (Lipinski definition) is 1. The Hall–Kier alpha value is -2.82. The SMILES string of the molecule is Cl.NCc1cccc(C2CCN(C(=O)c3cccc(COc4ccccc4)c3)CC2)c1. The van der Waals surface area contributed by atoms with Gasteiger partial charge in [-0.05, 0) is 59.7 Å². The Bertz CT molecular complexity index is 985. The van der Waals surface area contributed by atoms with Gasteiger partial charge in [-0.1, -0.05) is 54.6 Å². The second-order valence-corrected chi connectivity index (χ2v) is 7.82. The highest BCUT2D eigenvalue weighted by molar-refractivity contribution is 5.94. The fourth-order valence-electron chi connectivity index (χ4n) is 4.05. The number of benzene rings is 3. The molecule has 0 aromatic heterocycles. The number of piperidine rings is 1. The van der Waals surface area contributed by atoms with E-state index in [4.69, 9.17) is 10.5 Å². The largest absolute Gasteiger partial charge is 0.489 e. The first-order valence-electron chi connectivity index (χ1n) is 10.6. The molecule has 1 fully saturated rings. The van der Waals surface area contributed by atoms with Crippen LogP contribution in [-0.4, -0.2) is 23.9 Å². The zero-order valence-electron chi connectivity index (χ0n) is 17.6. The first-order valence-corrected chi connectivity index (χ1v) is 10.6. The third-order valence-corrected chi connectivity index (χ3v) is 5.76. The lowest BCUT2D eigenvalue weighted by molar-refractivity contribution is 0.0713. The van der Waals surface area contributed by atoms with E-state index < -0.39 is 0 Å². The number of amides is 1. The maximum atomic E-state index is 13.0. The van der Waals surface area contributed by atoms with Crippen LogP contribution in [0.15, 0.2) is 78.9 Å². The maximum Gasteiger partial charge on any atom is 0.253 e. The summed E-state index contributed by atoms with van der Waals surface area (Å²) in [6, 6.07) is 26.0. The van der Waals surface area contributed by atoms with Crippen LogP contribution in [0.25, 0.3) is 0 Å². The van der Waals surface area contributed by atoms with E-state index in [0.29, 0.717) is 19.1 Å². The summed E-state index contributed by atoms with van der Waals surface area (Å²) in [5.41, 5.74) is 10.0.